The normalized spacial score (nSPS) is 12.8. The van der Waals surface area contributed by atoms with Gasteiger partial charge in [-0.15, -0.1) is 0 Å². The molecule has 0 aromatic heterocycles. The van der Waals surface area contributed by atoms with Crippen molar-refractivity contribution in [2.45, 2.75) is 58.2 Å². The number of sulfonamides is 1. The van der Waals surface area contributed by atoms with E-state index in [0.717, 1.165) is 28.3 Å². The lowest BCUT2D eigenvalue weighted by Crippen LogP contribution is -2.52. The predicted molar refractivity (Wildman–Crippen MR) is 164 cm³/mol. The maximum absolute atomic E-state index is 13.8. The van der Waals surface area contributed by atoms with Crippen LogP contribution in [0.2, 0.25) is 0 Å². The van der Waals surface area contributed by atoms with Gasteiger partial charge in [-0.25, -0.2) is 8.42 Å². The number of nitrogens with one attached hydrogen (secondary N) is 1. The first-order valence-corrected chi connectivity index (χ1v) is 16.1. The van der Waals surface area contributed by atoms with Crippen LogP contribution >= 0.6 is 15.9 Å². The van der Waals surface area contributed by atoms with Crippen molar-refractivity contribution in [1.29, 1.82) is 0 Å². The number of carbonyl (C=O) groups is 2. The van der Waals surface area contributed by atoms with Gasteiger partial charge in [-0.3, -0.25) is 13.9 Å². The molecule has 0 unspecified atom stereocenters. The first-order chi connectivity index (χ1) is 19.1. The number of amides is 2. The Morgan fingerprint density at radius 2 is 1.50 bits per heavy atom. The topological polar surface area (TPSA) is 86.8 Å². The van der Waals surface area contributed by atoms with Gasteiger partial charge in [0.15, 0.2) is 0 Å². The van der Waals surface area contributed by atoms with Crippen molar-refractivity contribution in [2.75, 3.05) is 17.1 Å². The third-order valence-corrected chi connectivity index (χ3v) is 8.46. The zero-order valence-electron chi connectivity index (χ0n) is 23.3. The monoisotopic (exact) mass is 627 g/mol. The van der Waals surface area contributed by atoms with Crippen LogP contribution in [0.3, 0.4) is 0 Å². The zero-order chi connectivity index (χ0) is 29.1. The highest BCUT2D eigenvalue weighted by atomic mass is 79.9. The molecule has 3 rings (SSSR count). The second-order valence-corrected chi connectivity index (χ2v) is 12.8. The largest absolute Gasteiger partial charge is 0.352 e. The van der Waals surface area contributed by atoms with E-state index in [9.17, 15) is 18.0 Å². The molecule has 0 heterocycles. The molecule has 0 fully saturated rings. The van der Waals surface area contributed by atoms with Crippen LogP contribution in [0.5, 0.6) is 0 Å². The first kappa shape index (κ1) is 31.4. The van der Waals surface area contributed by atoms with E-state index in [-0.39, 0.29) is 37.4 Å². The molecule has 214 valence electrons. The molecule has 9 heteroatoms. The van der Waals surface area contributed by atoms with Crippen LogP contribution in [0.4, 0.5) is 5.69 Å². The van der Waals surface area contributed by atoms with Gasteiger partial charge in [-0.1, -0.05) is 83.5 Å². The molecule has 0 aliphatic heterocycles. The Labute approximate surface area is 246 Å². The molecular weight excluding hydrogens is 590 g/mol. The van der Waals surface area contributed by atoms with E-state index >= 15 is 0 Å². The SMILES string of the molecule is CC[C@H](C)NC(=O)[C@H](Cc1ccccc1)N(Cc1ccc(Br)cc1)C(=O)CCCN(c1ccccc1)S(C)(=O)=O. The smallest absolute Gasteiger partial charge is 0.243 e. The Kier molecular flexibility index (Phi) is 11.8. The van der Waals surface area contributed by atoms with E-state index in [4.69, 9.17) is 0 Å². The van der Waals surface area contributed by atoms with Gasteiger partial charge in [0.05, 0.1) is 11.9 Å². The highest BCUT2D eigenvalue weighted by molar-refractivity contribution is 9.10. The van der Waals surface area contributed by atoms with Crippen LogP contribution in [0.15, 0.2) is 89.4 Å². The van der Waals surface area contributed by atoms with E-state index in [2.05, 4.69) is 21.2 Å². The van der Waals surface area contributed by atoms with Crippen molar-refractivity contribution >= 4 is 43.5 Å². The van der Waals surface area contributed by atoms with Crippen LogP contribution < -0.4 is 9.62 Å². The van der Waals surface area contributed by atoms with Crippen molar-refractivity contribution in [2.24, 2.45) is 0 Å². The number of rotatable bonds is 14. The van der Waals surface area contributed by atoms with Gasteiger partial charge in [0.25, 0.3) is 0 Å². The summed E-state index contributed by atoms with van der Waals surface area (Å²) in [5, 5.41) is 3.07. The maximum atomic E-state index is 13.8. The minimum Gasteiger partial charge on any atom is -0.352 e. The highest BCUT2D eigenvalue weighted by Crippen LogP contribution is 2.21. The van der Waals surface area contributed by atoms with Crippen LogP contribution in [-0.4, -0.2) is 50.0 Å². The summed E-state index contributed by atoms with van der Waals surface area (Å²) < 4.78 is 27.3. The number of benzene rings is 3. The van der Waals surface area contributed by atoms with E-state index < -0.39 is 16.1 Å². The Morgan fingerprint density at radius 3 is 2.08 bits per heavy atom. The summed E-state index contributed by atoms with van der Waals surface area (Å²) in [5.74, 6) is -0.407. The third kappa shape index (κ3) is 9.48. The van der Waals surface area contributed by atoms with Crippen LogP contribution in [-0.2, 0) is 32.6 Å². The highest BCUT2D eigenvalue weighted by Gasteiger charge is 2.31. The zero-order valence-corrected chi connectivity index (χ0v) is 25.7. The molecule has 2 atom stereocenters. The standard InChI is InChI=1S/C31H38BrN3O4S/c1-4-24(2)33-31(37)29(22-25-12-7-5-8-13-25)34(23-26-17-19-27(32)20-18-26)30(36)16-11-21-35(40(3,38)39)28-14-9-6-10-15-28/h5-10,12-15,17-20,24,29H,4,11,16,21-23H2,1-3H3,(H,33,37)/t24-,29-/m0/s1. The summed E-state index contributed by atoms with van der Waals surface area (Å²) in [6.07, 6.45) is 2.70. The maximum Gasteiger partial charge on any atom is 0.243 e. The van der Waals surface area contributed by atoms with Crippen LogP contribution in [0, 0.1) is 0 Å². The molecule has 2 amide bonds. The second-order valence-electron chi connectivity index (χ2n) is 9.95. The molecular formula is C31H38BrN3O4S. The first-order valence-electron chi connectivity index (χ1n) is 13.5. The molecule has 0 bridgehead atoms. The van der Waals surface area contributed by atoms with Crippen molar-refractivity contribution in [1.82, 2.24) is 10.2 Å². The van der Waals surface area contributed by atoms with Gasteiger partial charge in [0.1, 0.15) is 6.04 Å². The third-order valence-electron chi connectivity index (χ3n) is 6.73. The van der Waals surface area contributed by atoms with Crippen molar-refractivity contribution in [3.05, 3.63) is 101 Å². The Bertz CT molecular complexity index is 1340. The lowest BCUT2D eigenvalue weighted by Gasteiger charge is -2.32. The number of nitrogens with zero attached hydrogens (tertiary/aromatic N) is 2. The van der Waals surface area contributed by atoms with Gasteiger partial charge < -0.3 is 10.2 Å². The molecule has 0 radical (unpaired) electrons. The fraction of sp³-hybridized carbons (Fsp3) is 0.355. The molecule has 40 heavy (non-hydrogen) atoms. The van der Waals surface area contributed by atoms with Gasteiger partial charge in [-0.05, 0) is 55.2 Å². The molecule has 0 spiro atoms. The number of anilines is 1. The molecule has 1 N–H and O–H groups in total. The lowest BCUT2D eigenvalue weighted by molar-refractivity contribution is -0.141. The van der Waals surface area contributed by atoms with Gasteiger partial charge >= 0.3 is 0 Å². The van der Waals surface area contributed by atoms with Crippen LogP contribution in [0.25, 0.3) is 0 Å². The van der Waals surface area contributed by atoms with Crippen molar-refractivity contribution < 1.29 is 18.0 Å². The lowest BCUT2D eigenvalue weighted by atomic mass is 10.0. The fourth-order valence-corrected chi connectivity index (χ4v) is 5.61. The average Bonchev–Trinajstić information content (AvgIpc) is 2.94. The number of carbonyl (C=O) groups excluding carboxylic acids is 2. The van der Waals surface area contributed by atoms with Gasteiger partial charge in [0.2, 0.25) is 21.8 Å². The number of halogens is 1. The number of hydrogen-bond acceptors (Lipinski definition) is 4. The Balaban J connectivity index is 1.88. The number of para-hydroxylation sites is 1. The van der Waals surface area contributed by atoms with E-state index in [1.165, 1.54) is 4.31 Å². The minimum absolute atomic E-state index is 0.0374. The fourth-order valence-electron chi connectivity index (χ4n) is 4.38. The van der Waals surface area contributed by atoms with Gasteiger partial charge in [-0.2, -0.15) is 0 Å². The summed E-state index contributed by atoms with van der Waals surface area (Å²) >= 11 is 3.46. The molecule has 7 nitrogen and oxygen atoms in total. The van der Waals surface area contributed by atoms with E-state index in [1.54, 1.807) is 29.2 Å². The summed E-state index contributed by atoms with van der Waals surface area (Å²) in [7, 11) is -3.54. The summed E-state index contributed by atoms with van der Waals surface area (Å²) in [6.45, 7) is 4.36. The quantitative estimate of drug-likeness (QED) is 0.254. The molecule has 0 saturated heterocycles. The molecule has 0 aliphatic rings. The second kappa shape index (κ2) is 15.0. The molecule has 3 aromatic rings. The van der Waals surface area contributed by atoms with E-state index in [0.29, 0.717) is 18.5 Å². The Morgan fingerprint density at radius 1 is 0.900 bits per heavy atom. The van der Waals surface area contributed by atoms with Crippen molar-refractivity contribution in [3.63, 3.8) is 0 Å². The molecule has 0 aliphatic carbocycles. The molecule has 3 aromatic carbocycles. The molecule has 0 saturated carbocycles. The van der Waals surface area contributed by atoms with Crippen LogP contribution in [0.1, 0.15) is 44.2 Å². The average molecular weight is 629 g/mol. The van der Waals surface area contributed by atoms with Gasteiger partial charge in [0, 0.05) is 36.4 Å². The summed E-state index contributed by atoms with van der Waals surface area (Å²) in [5.41, 5.74) is 2.40. The Hall–Kier alpha value is -3.17. The summed E-state index contributed by atoms with van der Waals surface area (Å²) in [6, 6.07) is 25.4. The van der Waals surface area contributed by atoms with E-state index in [1.807, 2.05) is 74.5 Å². The number of hydrogen-bond donors (Lipinski definition) is 1. The minimum atomic E-state index is -3.54. The van der Waals surface area contributed by atoms with Crippen molar-refractivity contribution in [3.8, 4) is 0 Å². The predicted octanol–water partition coefficient (Wildman–Crippen LogP) is 5.55. The summed E-state index contributed by atoms with van der Waals surface area (Å²) in [4.78, 5) is 29.1.